The number of benzene rings is 2. The van der Waals surface area contributed by atoms with Gasteiger partial charge in [-0.05, 0) is 30.7 Å². The van der Waals surface area contributed by atoms with Crippen molar-refractivity contribution < 1.29 is 14.3 Å². The molecule has 2 aromatic carbocycles. The van der Waals surface area contributed by atoms with Crippen LogP contribution in [0.2, 0.25) is 0 Å². The Morgan fingerprint density at radius 1 is 1.28 bits per heavy atom. The number of nitrogens with one attached hydrogen (secondary N) is 2. The zero-order chi connectivity index (χ0) is 22.8. The Balaban J connectivity index is 1.62. The molecule has 0 aromatic heterocycles. The van der Waals surface area contributed by atoms with Gasteiger partial charge in [0.05, 0.1) is 13.3 Å². The van der Waals surface area contributed by atoms with Crippen LogP contribution in [0.4, 0.5) is 4.79 Å². The maximum Gasteiger partial charge on any atom is 0.325 e. The standard InChI is InChI=1S/C22H23BrN6O3/c1-13-5-4-6-14(9-13)12-29-18-19(28(2)22(31)26-20(18)30)25-21(29)27-24-11-15-10-16(23)7-8-17(15)32-3/h4-11,18-19H,12H2,1-3H3,(H,25,27)(H,26,30,31)/b24-11+. The number of fused-ring (bicyclic) bond motifs is 1. The lowest BCUT2D eigenvalue weighted by molar-refractivity contribution is -0.127. The van der Waals surface area contributed by atoms with E-state index in [0.717, 1.165) is 21.2 Å². The van der Waals surface area contributed by atoms with Gasteiger partial charge in [0.1, 0.15) is 5.75 Å². The van der Waals surface area contributed by atoms with Crippen molar-refractivity contribution in [2.75, 3.05) is 14.2 Å². The summed E-state index contributed by atoms with van der Waals surface area (Å²) in [6.07, 6.45) is 0.979. The van der Waals surface area contributed by atoms with Gasteiger partial charge in [0.25, 0.3) is 5.91 Å². The summed E-state index contributed by atoms with van der Waals surface area (Å²) in [5.74, 6) is 0.689. The van der Waals surface area contributed by atoms with Crippen LogP contribution in [0.5, 0.6) is 5.75 Å². The Kier molecular flexibility index (Phi) is 6.13. The summed E-state index contributed by atoms with van der Waals surface area (Å²) in [6.45, 7) is 2.44. The summed E-state index contributed by atoms with van der Waals surface area (Å²) in [5, 5.41) is 6.72. The Labute approximate surface area is 194 Å². The number of carbonyl (C=O) groups excluding carboxylic acids is 2. The number of guanidine groups is 1. The van der Waals surface area contributed by atoms with Crippen molar-refractivity contribution in [1.29, 1.82) is 0 Å². The van der Waals surface area contributed by atoms with Gasteiger partial charge in [0, 0.05) is 23.6 Å². The van der Waals surface area contributed by atoms with Gasteiger partial charge < -0.3 is 14.5 Å². The maximum atomic E-state index is 12.7. The van der Waals surface area contributed by atoms with Crippen molar-refractivity contribution in [3.63, 3.8) is 0 Å². The molecular formula is C22H23BrN6O3. The number of halogens is 1. The lowest BCUT2D eigenvalue weighted by atomic mass is 10.1. The molecule has 2 unspecified atom stereocenters. The van der Waals surface area contributed by atoms with Gasteiger partial charge >= 0.3 is 6.03 Å². The summed E-state index contributed by atoms with van der Waals surface area (Å²) in [5.41, 5.74) is 5.85. The zero-order valence-electron chi connectivity index (χ0n) is 17.9. The largest absolute Gasteiger partial charge is 0.496 e. The van der Waals surface area contributed by atoms with E-state index in [1.54, 1.807) is 20.4 Å². The third-order valence-corrected chi connectivity index (χ3v) is 5.85. The number of imide groups is 1. The minimum Gasteiger partial charge on any atom is -0.496 e. The van der Waals surface area contributed by atoms with Gasteiger partial charge in [0.2, 0.25) is 5.96 Å². The van der Waals surface area contributed by atoms with E-state index >= 15 is 0 Å². The molecule has 2 aromatic rings. The SMILES string of the molecule is COc1ccc(Br)cc1/C=N/NC1=NC2C(C(=O)NC(=O)N2C)N1Cc1cccc(C)c1. The fourth-order valence-corrected chi connectivity index (χ4v) is 4.14. The van der Waals surface area contributed by atoms with E-state index in [2.05, 4.69) is 42.8 Å². The number of aliphatic imine (C=N–C) groups is 1. The normalized spacial score (nSPS) is 20.3. The summed E-state index contributed by atoms with van der Waals surface area (Å²) in [4.78, 5) is 32.7. The van der Waals surface area contributed by atoms with Gasteiger partial charge in [-0.3, -0.25) is 10.1 Å². The number of ether oxygens (including phenoxy) is 1. The van der Waals surface area contributed by atoms with Crippen molar-refractivity contribution in [2.45, 2.75) is 25.7 Å². The molecule has 0 spiro atoms. The molecule has 166 valence electrons. The van der Waals surface area contributed by atoms with Crippen LogP contribution in [0.25, 0.3) is 0 Å². The monoisotopic (exact) mass is 498 g/mol. The van der Waals surface area contributed by atoms with Crippen molar-refractivity contribution in [1.82, 2.24) is 20.5 Å². The van der Waals surface area contributed by atoms with Crippen LogP contribution in [0.3, 0.4) is 0 Å². The summed E-state index contributed by atoms with van der Waals surface area (Å²) >= 11 is 3.44. The summed E-state index contributed by atoms with van der Waals surface area (Å²) < 4.78 is 6.26. The molecule has 9 nitrogen and oxygen atoms in total. The first-order chi connectivity index (χ1) is 15.4. The molecule has 4 rings (SSSR count). The van der Waals surface area contributed by atoms with Crippen LogP contribution < -0.4 is 15.5 Å². The molecule has 2 atom stereocenters. The average molecular weight is 499 g/mol. The molecular weight excluding hydrogens is 476 g/mol. The number of hydrazone groups is 1. The minimum absolute atomic E-state index is 0.385. The third kappa shape index (κ3) is 4.31. The first-order valence-corrected chi connectivity index (χ1v) is 10.8. The number of amides is 3. The molecule has 10 heteroatoms. The highest BCUT2D eigenvalue weighted by molar-refractivity contribution is 9.10. The second-order valence-corrected chi connectivity index (χ2v) is 8.51. The Bertz CT molecular complexity index is 1120. The van der Waals surface area contributed by atoms with E-state index in [4.69, 9.17) is 4.74 Å². The van der Waals surface area contributed by atoms with Crippen LogP contribution in [0.1, 0.15) is 16.7 Å². The molecule has 0 aliphatic carbocycles. The number of aryl methyl sites for hydroxylation is 1. The van der Waals surface area contributed by atoms with E-state index in [-0.39, 0.29) is 5.91 Å². The predicted octanol–water partition coefficient (Wildman–Crippen LogP) is 2.44. The van der Waals surface area contributed by atoms with Gasteiger partial charge in [-0.2, -0.15) is 5.10 Å². The average Bonchev–Trinajstić information content (AvgIpc) is 3.11. The fourth-order valence-electron chi connectivity index (χ4n) is 3.76. The smallest absolute Gasteiger partial charge is 0.325 e. The van der Waals surface area contributed by atoms with Gasteiger partial charge in [0.15, 0.2) is 12.2 Å². The van der Waals surface area contributed by atoms with Crippen LogP contribution >= 0.6 is 15.9 Å². The molecule has 3 amide bonds. The van der Waals surface area contributed by atoms with Crippen LogP contribution in [0, 0.1) is 6.92 Å². The first-order valence-electron chi connectivity index (χ1n) is 9.97. The number of hydrogen-bond donors (Lipinski definition) is 2. The third-order valence-electron chi connectivity index (χ3n) is 5.36. The second kappa shape index (κ2) is 8.99. The number of rotatable bonds is 5. The van der Waals surface area contributed by atoms with Crippen LogP contribution in [0.15, 0.2) is 57.0 Å². The number of nitrogens with zero attached hydrogens (tertiary/aromatic N) is 4. The second-order valence-electron chi connectivity index (χ2n) is 7.59. The van der Waals surface area contributed by atoms with Gasteiger partial charge in [-0.25, -0.2) is 15.2 Å². The van der Waals surface area contributed by atoms with Crippen molar-refractivity contribution in [2.24, 2.45) is 10.1 Å². The van der Waals surface area contributed by atoms with E-state index in [1.807, 2.05) is 48.2 Å². The van der Waals surface area contributed by atoms with Gasteiger partial charge in [-0.15, -0.1) is 0 Å². The molecule has 1 fully saturated rings. The topological polar surface area (TPSA) is 98.6 Å². The number of urea groups is 1. The van der Waals surface area contributed by atoms with E-state index in [0.29, 0.717) is 18.3 Å². The fraction of sp³-hybridized carbons (Fsp3) is 0.273. The van der Waals surface area contributed by atoms with Gasteiger partial charge in [-0.1, -0.05) is 45.8 Å². The molecule has 0 saturated carbocycles. The maximum absolute atomic E-state index is 12.7. The molecule has 2 heterocycles. The number of hydrogen-bond acceptors (Lipinski definition) is 7. The number of likely N-dealkylation sites (N-methyl/N-ethyl adjacent to an activating group) is 1. The number of methoxy groups -OCH3 is 1. The molecule has 0 radical (unpaired) electrons. The summed E-state index contributed by atoms with van der Waals surface area (Å²) in [6, 6.07) is 12.5. The van der Waals surface area contributed by atoms with Crippen LogP contribution in [-0.4, -0.2) is 60.3 Å². The van der Waals surface area contributed by atoms with Crippen molar-refractivity contribution in [3.05, 3.63) is 63.6 Å². The highest BCUT2D eigenvalue weighted by Gasteiger charge is 2.48. The molecule has 0 bridgehead atoms. The van der Waals surface area contributed by atoms with Crippen molar-refractivity contribution in [3.8, 4) is 5.75 Å². The van der Waals surface area contributed by atoms with E-state index in [9.17, 15) is 9.59 Å². The molecule has 2 aliphatic rings. The first kappa shape index (κ1) is 21.8. The Morgan fingerprint density at radius 2 is 2.09 bits per heavy atom. The molecule has 1 saturated heterocycles. The van der Waals surface area contributed by atoms with E-state index < -0.39 is 18.2 Å². The lowest BCUT2D eigenvalue weighted by Gasteiger charge is -2.36. The summed E-state index contributed by atoms with van der Waals surface area (Å²) in [7, 11) is 3.21. The lowest BCUT2D eigenvalue weighted by Crippen LogP contribution is -2.63. The zero-order valence-corrected chi connectivity index (χ0v) is 19.5. The Morgan fingerprint density at radius 3 is 2.84 bits per heavy atom. The number of carbonyl (C=O) groups is 2. The predicted molar refractivity (Wildman–Crippen MR) is 124 cm³/mol. The van der Waals surface area contributed by atoms with E-state index in [1.165, 1.54) is 4.90 Å². The minimum atomic E-state index is -0.656. The quantitative estimate of drug-likeness (QED) is 0.487. The molecule has 2 aliphatic heterocycles. The molecule has 32 heavy (non-hydrogen) atoms. The Hall–Kier alpha value is -3.40. The van der Waals surface area contributed by atoms with Crippen molar-refractivity contribution >= 4 is 40.0 Å². The van der Waals surface area contributed by atoms with Crippen LogP contribution in [-0.2, 0) is 11.3 Å². The highest BCUT2D eigenvalue weighted by atomic mass is 79.9. The molecule has 2 N–H and O–H groups in total. The highest BCUT2D eigenvalue weighted by Crippen LogP contribution is 2.26.